The van der Waals surface area contributed by atoms with Crippen molar-refractivity contribution in [3.63, 3.8) is 0 Å². The first-order valence-corrected chi connectivity index (χ1v) is 6.43. The number of aryl methyl sites for hydroxylation is 1. The molecule has 0 aliphatic carbocycles. The van der Waals surface area contributed by atoms with Crippen LogP contribution in [-0.4, -0.2) is 18.2 Å². The highest BCUT2D eigenvalue weighted by Gasteiger charge is 2.11. The van der Waals surface area contributed by atoms with E-state index in [4.69, 9.17) is 9.26 Å². The van der Waals surface area contributed by atoms with Crippen molar-refractivity contribution in [3.8, 4) is 5.75 Å². The van der Waals surface area contributed by atoms with Crippen LogP contribution in [0, 0.1) is 6.92 Å². The van der Waals surface area contributed by atoms with Crippen LogP contribution in [0.25, 0.3) is 0 Å². The number of ether oxygens (including phenoxy) is 1. The quantitative estimate of drug-likeness (QED) is 0.939. The minimum Gasteiger partial charge on any atom is -0.496 e. The van der Waals surface area contributed by atoms with Gasteiger partial charge in [0.1, 0.15) is 11.5 Å². The smallest absolute Gasteiger partial charge is 0.273 e. The van der Waals surface area contributed by atoms with Crippen LogP contribution in [0.4, 0.5) is 0 Å². The highest BCUT2D eigenvalue weighted by atomic mass is 79.9. The zero-order chi connectivity index (χ0) is 13.8. The van der Waals surface area contributed by atoms with Crippen molar-refractivity contribution in [3.05, 3.63) is 45.8 Å². The summed E-state index contributed by atoms with van der Waals surface area (Å²) in [6, 6.07) is 7.21. The Balaban J connectivity index is 2.06. The Kier molecular flexibility index (Phi) is 4.21. The van der Waals surface area contributed by atoms with Crippen molar-refractivity contribution < 1.29 is 14.1 Å². The van der Waals surface area contributed by atoms with Crippen molar-refractivity contribution in [2.24, 2.45) is 0 Å². The summed E-state index contributed by atoms with van der Waals surface area (Å²) in [4.78, 5) is 11.8. The molecule has 1 heterocycles. The zero-order valence-corrected chi connectivity index (χ0v) is 12.2. The van der Waals surface area contributed by atoms with Gasteiger partial charge in [-0.3, -0.25) is 4.79 Å². The molecule has 2 rings (SSSR count). The molecule has 0 spiro atoms. The standard InChI is InChI=1S/C13H13BrN2O3/c1-8-5-11(16-19-8)13(17)15-7-9-6-10(14)3-4-12(9)18-2/h3-6H,7H2,1-2H3,(H,15,17). The Morgan fingerprint density at radius 1 is 1.47 bits per heavy atom. The molecule has 0 fully saturated rings. The molecule has 6 heteroatoms. The van der Waals surface area contributed by atoms with Gasteiger partial charge in [0.15, 0.2) is 5.69 Å². The Morgan fingerprint density at radius 3 is 2.89 bits per heavy atom. The molecule has 1 aromatic carbocycles. The normalized spacial score (nSPS) is 10.3. The van der Waals surface area contributed by atoms with Gasteiger partial charge < -0.3 is 14.6 Å². The van der Waals surface area contributed by atoms with E-state index in [0.717, 1.165) is 15.8 Å². The molecule has 1 amide bonds. The number of benzene rings is 1. The van der Waals surface area contributed by atoms with Crippen LogP contribution in [0.5, 0.6) is 5.75 Å². The van der Waals surface area contributed by atoms with Gasteiger partial charge in [0.2, 0.25) is 0 Å². The molecule has 19 heavy (non-hydrogen) atoms. The third kappa shape index (κ3) is 3.35. The van der Waals surface area contributed by atoms with E-state index in [1.54, 1.807) is 20.1 Å². The maximum absolute atomic E-state index is 11.8. The molecule has 0 unspecified atom stereocenters. The summed E-state index contributed by atoms with van der Waals surface area (Å²) in [6.45, 7) is 2.09. The molecule has 0 saturated heterocycles. The van der Waals surface area contributed by atoms with E-state index in [1.807, 2.05) is 18.2 Å². The number of carbonyl (C=O) groups excluding carboxylic acids is 1. The number of nitrogens with zero attached hydrogens (tertiary/aromatic N) is 1. The van der Waals surface area contributed by atoms with E-state index < -0.39 is 0 Å². The van der Waals surface area contributed by atoms with Crippen molar-refractivity contribution in [1.82, 2.24) is 10.5 Å². The molecule has 0 aliphatic heterocycles. The van der Waals surface area contributed by atoms with E-state index in [0.29, 0.717) is 12.3 Å². The minimum atomic E-state index is -0.279. The fraction of sp³-hybridized carbons (Fsp3) is 0.231. The molecule has 1 aromatic heterocycles. The number of rotatable bonds is 4. The Labute approximate surface area is 119 Å². The predicted molar refractivity (Wildman–Crippen MR) is 73.1 cm³/mol. The van der Waals surface area contributed by atoms with E-state index >= 15 is 0 Å². The number of carbonyl (C=O) groups is 1. The SMILES string of the molecule is COc1ccc(Br)cc1CNC(=O)c1cc(C)on1. The van der Waals surface area contributed by atoms with E-state index in [2.05, 4.69) is 26.4 Å². The summed E-state index contributed by atoms with van der Waals surface area (Å²) in [5.74, 6) is 1.05. The largest absolute Gasteiger partial charge is 0.496 e. The lowest BCUT2D eigenvalue weighted by Crippen LogP contribution is -2.23. The zero-order valence-electron chi connectivity index (χ0n) is 10.6. The molecule has 5 nitrogen and oxygen atoms in total. The maximum atomic E-state index is 11.8. The molecular formula is C13H13BrN2O3. The third-order valence-electron chi connectivity index (χ3n) is 2.54. The lowest BCUT2D eigenvalue weighted by Gasteiger charge is -2.09. The second-order valence-electron chi connectivity index (χ2n) is 3.96. The van der Waals surface area contributed by atoms with Crippen molar-refractivity contribution in [1.29, 1.82) is 0 Å². The van der Waals surface area contributed by atoms with Crippen molar-refractivity contribution in [2.75, 3.05) is 7.11 Å². The van der Waals surface area contributed by atoms with Gasteiger partial charge in [-0.25, -0.2) is 0 Å². The van der Waals surface area contributed by atoms with Gasteiger partial charge in [-0.15, -0.1) is 0 Å². The van der Waals surface area contributed by atoms with E-state index in [1.165, 1.54) is 0 Å². The summed E-state index contributed by atoms with van der Waals surface area (Å²) in [5.41, 5.74) is 1.15. The fourth-order valence-corrected chi connectivity index (χ4v) is 2.03. The molecule has 0 saturated carbocycles. The number of hydrogen-bond acceptors (Lipinski definition) is 4. The van der Waals surface area contributed by atoms with Crippen LogP contribution in [0.3, 0.4) is 0 Å². The van der Waals surface area contributed by atoms with Crippen LogP contribution >= 0.6 is 15.9 Å². The first kappa shape index (κ1) is 13.6. The number of methoxy groups -OCH3 is 1. The van der Waals surface area contributed by atoms with Gasteiger partial charge in [0.25, 0.3) is 5.91 Å². The molecular weight excluding hydrogens is 312 g/mol. The highest BCUT2D eigenvalue weighted by molar-refractivity contribution is 9.10. The molecule has 0 atom stereocenters. The average molecular weight is 325 g/mol. The summed E-state index contributed by atoms with van der Waals surface area (Å²) in [7, 11) is 1.59. The number of halogens is 1. The molecule has 0 bridgehead atoms. The summed E-state index contributed by atoms with van der Waals surface area (Å²) in [5, 5.41) is 6.43. The lowest BCUT2D eigenvalue weighted by atomic mass is 10.2. The van der Waals surface area contributed by atoms with Crippen LogP contribution in [0.1, 0.15) is 21.8 Å². The molecule has 0 aliphatic rings. The average Bonchev–Trinajstić information content (AvgIpc) is 2.83. The topological polar surface area (TPSA) is 64.4 Å². The summed E-state index contributed by atoms with van der Waals surface area (Å²) >= 11 is 3.39. The third-order valence-corrected chi connectivity index (χ3v) is 3.04. The minimum absolute atomic E-state index is 0.270. The second-order valence-corrected chi connectivity index (χ2v) is 4.88. The molecule has 0 radical (unpaired) electrons. The Morgan fingerprint density at radius 2 is 2.26 bits per heavy atom. The number of nitrogens with one attached hydrogen (secondary N) is 1. The van der Waals surface area contributed by atoms with Gasteiger partial charge in [-0.2, -0.15) is 0 Å². The summed E-state index contributed by atoms with van der Waals surface area (Å²) < 4.78 is 11.0. The predicted octanol–water partition coefficient (Wildman–Crippen LogP) is 2.68. The van der Waals surface area contributed by atoms with Gasteiger partial charge in [-0.1, -0.05) is 21.1 Å². The van der Waals surface area contributed by atoms with Gasteiger partial charge >= 0.3 is 0 Å². The van der Waals surface area contributed by atoms with Gasteiger partial charge in [0, 0.05) is 22.6 Å². The highest BCUT2D eigenvalue weighted by Crippen LogP contribution is 2.22. The molecule has 1 N–H and O–H groups in total. The summed E-state index contributed by atoms with van der Waals surface area (Å²) in [6.07, 6.45) is 0. The maximum Gasteiger partial charge on any atom is 0.273 e. The van der Waals surface area contributed by atoms with Gasteiger partial charge in [-0.05, 0) is 25.1 Å². The number of hydrogen-bond donors (Lipinski definition) is 1. The van der Waals surface area contributed by atoms with Crippen molar-refractivity contribution >= 4 is 21.8 Å². The number of amides is 1. The monoisotopic (exact) mass is 324 g/mol. The van der Waals surface area contributed by atoms with E-state index in [-0.39, 0.29) is 11.6 Å². The first-order chi connectivity index (χ1) is 9.10. The lowest BCUT2D eigenvalue weighted by molar-refractivity contribution is 0.0941. The Hall–Kier alpha value is -1.82. The van der Waals surface area contributed by atoms with Crippen LogP contribution in [-0.2, 0) is 6.54 Å². The Bertz CT molecular complexity index is 595. The second kappa shape index (κ2) is 5.88. The van der Waals surface area contributed by atoms with E-state index in [9.17, 15) is 4.79 Å². The van der Waals surface area contributed by atoms with Crippen LogP contribution < -0.4 is 10.1 Å². The molecule has 100 valence electrons. The molecule has 2 aromatic rings. The van der Waals surface area contributed by atoms with Crippen LogP contribution in [0.2, 0.25) is 0 Å². The van der Waals surface area contributed by atoms with Crippen molar-refractivity contribution in [2.45, 2.75) is 13.5 Å². The van der Waals surface area contributed by atoms with Gasteiger partial charge in [0.05, 0.1) is 7.11 Å². The van der Waals surface area contributed by atoms with Crippen LogP contribution in [0.15, 0.2) is 33.3 Å². The first-order valence-electron chi connectivity index (χ1n) is 5.64. The fourth-order valence-electron chi connectivity index (χ4n) is 1.62. The number of aromatic nitrogens is 1.